The van der Waals surface area contributed by atoms with E-state index in [4.69, 9.17) is 5.11 Å². The Morgan fingerprint density at radius 3 is 2.52 bits per heavy atom. The molecule has 1 aromatic carbocycles. The van der Waals surface area contributed by atoms with E-state index < -0.39 is 5.97 Å². The molecule has 0 aliphatic rings. The zero-order chi connectivity index (χ0) is 18.4. The van der Waals surface area contributed by atoms with Crippen LogP contribution in [0.3, 0.4) is 0 Å². The van der Waals surface area contributed by atoms with E-state index in [1.165, 1.54) is 11.8 Å². The summed E-state index contributed by atoms with van der Waals surface area (Å²) in [6, 6.07) is 11.2. The van der Waals surface area contributed by atoms with Crippen LogP contribution in [0.1, 0.15) is 29.7 Å². The fourth-order valence-corrected chi connectivity index (χ4v) is 3.17. The number of hydrogen-bond acceptors (Lipinski definition) is 5. The van der Waals surface area contributed by atoms with Crippen molar-refractivity contribution in [3.63, 3.8) is 0 Å². The standard InChI is InChI=1S/C18H17N3O3S/c1-11-9-12(2)20-18(15(11)10-19)25-14-5-3-13(4-6-14)21-16(22)7-8-17(23)24/h3-6,9H,7-8H2,1-2H3,(H,21,22)(H,23,24). The number of nitrogens with one attached hydrogen (secondary N) is 1. The Kier molecular flexibility index (Phi) is 6.14. The van der Waals surface area contributed by atoms with Gasteiger partial charge in [0.05, 0.1) is 12.0 Å². The Morgan fingerprint density at radius 2 is 1.92 bits per heavy atom. The fourth-order valence-electron chi connectivity index (χ4n) is 2.17. The summed E-state index contributed by atoms with van der Waals surface area (Å²) in [5.41, 5.74) is 2.89. The number of carboxylic acid groups (broad SMARTS) is 1. The predicted molar refractivity (Wildman–Crippen MR) is 94.5 cm³/mol. The van der Waals surface area contributed by atoms with E-state index in [9.17, 15) is 14.9 Å². The van der Waals surface area contributed by atoms with Crippen LogP contribution in [-0.4, -0.2) is 22.0 Å². The normalized spacial score (nSPS) is 10.1. The molecule has 0 aliphatic carbocycles. The van der Waals surface area contributed by atoms with Crippen LogP contribution in [0, 0.1) is 25.2 Å². The van der Waals surface area contributed by atoms with Gasteiger partial charge in [-0.1, -0.05) is 11.8 Å². The summed E-state index contributed by atoms with van der Waals surface area (Å²) >= 11 is 1.38. The first-order chi connectivity index (χ1) is 11.9. The van der Waals surface area contributed by atoms with Crippen LogP contribution in [0.5, 0.6) is 0 Å². The van der Waals surface area contributed by atoms with Gasteiger partial charge in [-0.3, -0.25) is 9.59 Å². The second-order valence-corrected chi connectivity index (χ2v) is 6.50. The number of hydrogen-bond donors (Lipinski definition) is 2. The van der Waals surface area contributed by atoms with Gasteiger partial charge in [-0.25, -0.2) is 4.98 Å². The largest absolute Gasteiger partial charge is 0.481 e. The number of anilines is 1. The third-order valence-corrected chi connectivity index (χ3v) is 4.34. The summed E-state index contributed by atoms with van der Waals surface area (Å²) in [4.78, 5) is 27.4. The summed E-state index contributed by atoms with van der Waals surface area (Å²) in [5, 5.41) is 21.2. The molecule has 128 valence electrons. The van der Waals surface area contributed by atoms with Crippen LogP contribution in [0.15, 0.2) is 40.3 Å². The molecule has 0 aliphatic heterocycles. The quantitative estimate of drug-likeness (QED) is 0.822. The van der Waals surface area contributed by atoms with E-state index in [0.717, 1.165) is 16.2 Å². The van der Waals surface area contributed by atoms with Crippen molar-refractivity contribution in [1.82, 2.24) is 4.98 Å². The second kappa shape index (κ2) is 8.31. The van der Waals surface area contributed by atoms with Crippen molar-refractivity contribution in [2.24, 2.45) is 0 Å². The van der Waals surface area contributed by atoms with Crippen molar-refractivity contribution in [1.29, 1.82) is 5.26 Å². The predicted octanol–water partition coefficient (Wildman–Crippen LogP) is 3.52. The number of aromatic nitrogens is 1. The molecule has 0 fully saturated rings. The fraction of sp³-hybridized carbons (Fsp3) is 0.222. The highest BCUT2D eigenvalue weighted by Gasteiger charge is 2.11. The maximum absolute atomic E-state index is 11.6. The molecule has 0 spiro atoms. The Hall–Kier alpha value is -2.85. The zero-order valence-electron chi connectivity index (χ0n) is 13.9. The molecule has 6 nitrogen and oxygen atoms in total. The SMILES string of the molecule is Cc1cc(C)c(C#N)c(Sc2ccc(NC(=O)CCC(=O)O)cc2)n1. The van der Waals surface area contributed by atoms with E-state index in [1.54, 1.807) is 12.1 Å². The Balaban J connectivity index is 2.08. The molecule has 0 atom stereocenters. The summed E-state index contributed by atoms with van der Waals surface area (Å²) in [5.74, 6) is -1.35. The van der Waals surface area contributed by atoms with Crippen LogP contribution < -0.4 is 5.32 Å². The molecule has 0 saturated heterocycles. The van der Waals surface area contributed by atoms with E-state index in [-0.39, 0.29) is 18.7 Å². The molecular formula is C18H17N3O3S. The van der Waals surface area contributed by atoms with Gasteiger partial charge >= 0.3 is 5.97 Å². The molecule has 1 heterocycles. The number of carbonyl (C=O) groups excluding carboxylic acids is 1. The van der Waals surface area contributed by atoms with Gasteiger partial charge in [0.1, 0.15) is 11.1 Å². The number of aryl methyl sites for hydroxylation is 2. The van der Waals surface area contributed by atoms with Gasteiger partial charge in [-0.15, -0.1) is 0 Å². The minimum absolute atomic E-state index is 0.0656. The maximum atomic E-state index is 11.6. The maximum Gasteiger partial charge on any atom is 0.303 e. The average molecular weight is 355 g/mol. The van der Waals surface area contributed by atoms with Crippen LogP contribution in [-0.2, 0) is 9.59 Å². The van der Waals surface area contributed by atoms with Gasteiger partial charge in [0.2, 0.25) is 5.91 Å². The average Bonchev–Trinajstić information content (AvgIpc) is 2.54. The number of rotatable bonds is 6. The molecule has 0 bridgehead atoms. The van der Waals surface area contributed by atoms with Gasteiger partial charge in [-0.2, -0.15) is 5.26 Å². The van der Waals surface area contributed by atoms with Crippen LogP contribution in [0.2, 0.25) is 0 Å². The van der Waals surface area contributed by atoms with Crippen molar-refractivity contribution in [2.75, 3.05) is 5.32 Å². The molecule has 0 saturated carbocycles. The number of benzene rings is 1. The van der Waals surface area contributed by atoms with E-state index in [0.29, 0.717) is 16.3 Å². The summed E-state index contributed by atoms with van der Waals surface area (Å²) in [6.45, 7) is 3.76. The first-order valence-corrected chi connectivity index (χ1v) is 8.38. The lowest BCUT2D eigenvalue weighted by Crippen LogP contribution is -2.13. The molecule has 2 N–H and O–H groups in total. The number of aliphatic carboxylic acids is 1. The van der Waals surface area contributed by atoms with Crippen molar-refractivity contribution in [3.8, 4) is 6.07 Å². The zero-order valence-corrected chi connectivity index (χ0v) is 14.7. The molecule has 2 rings (SSSR count). The third-order valence-electron chi connectivity index (χ3n) is 3.34. The lowest BCUT2D eigenvalue weighted by molar-refractivity contribution is -0.138. The second-order valence-electron chi connectivity index (χ2n) is 5.44. The minimum Gasteiger partial charge on any atom is -0.481 e. The lowest BCUT2D eigenvalue weighted by atomic mass is 10.1. The first-order valence-electron chi connectivity index (χ1n) is 7.57. The molecule has 0 radical (unpaired) electrons. The number of carboxylic acids is 1. The van der Waals surface area contributed by atoms with E-state index >= 15 is 0 Å². The molecule has 25 heavy (non-hydrogen) atoms. The number of nitrogens with zero attached hydrogens (tertiary/aromatic N) is 2. The van der Waals surface area contributed by atoms with Crippen LogP contribution >= 0.6 is 11.8 Å². The van der Waals surface area contributed by atoms with Gasteiger partial charge < -0.3 is 10.4 Å². The van der Waals surface area contributed by atoms with Gasteiger partial charge in [0, 0.05) is 22.7 Å². The highest BCUT2D eigenvalue weighted by atomic mass is 32.2. The molecular weight excluding hydrogens is 338 g/mol. The molecule has 1 amide bonds. The molecule has 7 heteroatoms. The van der Waals surface area contributed by atoms with E-state index in [2.05, 4.69) is 16.4 Å². The van der Waals surface area contributed by atoms with Crippen LogP contribution in [0.4, 0.5) is 5.69 Å². The molecule has 2 aromatic rings. The highest BCUT2D eigenvalue weighted by Crippen LogP contribution is 2.31. The summed E-state index contributed by atoms with van der Waals surface area (Å²) in [6.07, 6.45) is -0.265. The van der Waals surface area contributed by atoms with Crippen molar-refractivity contribution in [2.45, 2.75) is 36.6 Å². The Labute approximate surface area is 149 Å². The summed E-state index contributed by atoms with van der Waals surface area (Å²) < 4.78 is 0. The highest BCUT2D eigenvalue weighted by molar-refractivity contribution is 7.99. The number of pyridine rings is 1. The minimum atomic E-state index is -1.00. The number of carbonyl (C=O) groups is 2. The van der Waals surface area contributed by atoms with Crippen molar-refractivity contribution < 1.29 is 14.7 Å². The van der Waals surface area contributed by atoms with Crippen molar-refractivity contribution in [3.05, 3.63) is 47.2 Å². The molecule has 0 unspecified atom stereocenters. The summed E-state index contributed by atoms with van der Waals surface area (Å²) in [7, 11) is 0. The Bertz CT molecular complexity index is 842. The third kappa shape index (κ3) is 5.33. The molecule has 1 aromatic heterocycles. The first kappa shape index (κ1) is 18.5. The smallest absolute Gasteiger partial charge is 0.303 e. The number of amides is 1. The van der Waals surface area contributed by atoms with E-state index in [1.807, 2.05) is 32.0 Å². The monoisotopic (exact) mass is 355 g/mol. The lowest BCUT2D eigenvalue weighted by Gasteiger charge is -2.08. The Morgan fingerprint density at radius 1 is 1.24 bits per heavy atom. The topological polar surface area (TPSA) is 103 Å². The number of nitriles is 1. The van der Waals surface area contributed by atoms with Crippen molar-refractivity contribution >= 4 is 29.3 Å². The van der Waals surface area contributed by atoms with Gasteiger partial charge in [0.15, 0.2) is 0 Å². The van der Waals surface area contributed by atoms with Gasteiger partial charge in [0.25, 0.3) is 0 Å². The van der Waals surface area contributed by atoms with Gasteiger partial charge in [-0.05, 0) is 49.7 Å². The van der Waals surface area contributed by atoms with Crippen LogP contribution in [0.25, 0.3) is 0 Å².